The third kappa shape index (κ3) is 3.08. The fourth-order valence-corrected chi connectivity index (χ4v) is 5.44. The summed E-state index contributed by atoms with van der Waals surface area (Å²) in [6.45, 7) is 7.09. The van der Waals surface area contributed by atoms with Crippen molar-refractivity contribution >= 4 is 38.2 Å². The topological polar surface area (TPSA) is 51.1 Å². The molecule has 3 atom stereocenters. The summed E-state index contributed by atoms with van der Waals surface area (Å²) in [5, 5.41) is 4.92. The highest BCUT2D eigenvalue weighted by Gasteiger charge is 2.29. The molecule has 0 radical (unpaired) electrons. The number of nitrogens with zero attached hydrogens (tertiary/aromatic N) is 1. The molecule has 1 aliphatic rings. The van der Waals surface area contributed by atoms with Crippen LogP contribution in [0.1, 0.15) is 49.7 Å². The summed E-state index contributed by atoms with van der Waals surface area (Å²) in [6, 6.07) is 9.95. The zero-order chi connectivity index (χ0) is 19.1. The average molecular weight is 383 g/mol. The van der Waals surface area contributed by atoms with Crippen molar-refractivity contribution in [1.29, 1.82) is 0 Å². The van der Waals surface area contributed by atoms with Crippen molar-refractivity contribution < 1.29 is 4.79 Å². The Labute approximate surface area is 163 Å². The summed E-state index contributed by atoms with van der Waals surface area (Å²) in [5.74, 6) is 1.07. The summed E-state index contributed by atoms with van der Waals surface area (Å²) in [4.78, 5) is 26.5. The van der Waals surface area contributed by atoms with E-state index in [0.29, 0.717) is 28.6 Å². The third-order valence-electron chi connectivity index (χ3n) is 6.21. The molecule has 27 heavy (non-hydrogen) atoms. The SMILES string of the molecule is CCn1c(=O)c2cc(C(=O)N[C@@H]3CCC[C@H](C)[C@H]3C)sc2c2ccccc21. The van der Waals surface area contributed by atoms with Crippen molar-refractivity contribution in [3.05, 3.63) is 45.6 Å². The molecule has 4 rings (SSSR count). The highest BCUT2D eigenvalue weighted by Crippen LogP contribution is 2.32. The van der Waals surface area contributed by atoms with Gasteiger partial charge in [-0.2, -0.15) is 0 Å². The Kier molecular flexibility index (Phi) is 4.81. The van der Waals surface area contributed by atoms with Gasteiger partial charge in [0.05, 0.1) is 15.8 Å². The molecule has 4 nitrogen and oxygen atoms in total. The zero-order valence-corrected chi connectivity index (χ0v) is 16.9. The highest BCUT2D eigenvalue weighted by molar-refractivity contribution is 7.21. The molecule has 1 saturated carbocycles. The van der Waals surface area contributed by atoms with Gasteiger partial charge in [0.15, 0.2) is 0 Å². The Balaban J connectivity index is 1.75. The first-order chi connectivity index (χ1) is 13.0. The second kappa shape index (κ2) is 7.12. The number of fused-ring (bicyclic) bond motifs is 3. The van der Waals surface area contributed by atoms with Gasteiger partial charge in [-0.25, -0.2) is 0 Å². The normalized spacial score (nSPS) is 23.0. The molecule has 1 amide bonds. The number of amides is 1. The van der Waals surface area contributed by atoms with Crippen LogP contribution in [0.2, 0.25) is 0 Å². The van der Waals surface area contributed by atoms with Gasteiger partial charge in [0.1, 0.15) is 0 Å². The highest BCUT2D eigenvalue weighted by atomic mass is 32.1. The predicted molar refractivity (Wildman–Crippen MR) is 113 cm³/mol. The quantitative estimate of drug-likeness (QED) is 0.708. The molecule has 0 spiro atoms. The maximum atomic E-state index is 12.9. The number of benzene rings is 1. The summed E-state index contributed by atoms with van der Waals surface area (Å²) < 4.78 is 2.70. The number of aromatic nitrogens is 1. The lowest BCUT2D eigenvalue weighted by Gasteiger charge is -2.34. The lowest BCUT2D eigenvalue weighted by molar-refractivity contribution is 0.0895. The Hall–Kier alpha value is -2.14. The van der Waals surface area contributed by atoms with Gasteiger partial charge in [-0.05, 0) is 37.3 Å². The number of hydrogen-bond donors (Lipinski definition) is 1. The molecule has 3 aromatic rings. The van der Waals surface area contributed by atoms with Crippen molar-refractivity contribution in [2.45, 2.75) is 52.6 Å². The van der Waals surface area contributed by atoms with Crippen LogP contribution in [0, 0.1) is 11.8 Å². The molecule has 1 aromatic carbocycles. The number of aryl methyl sites for hydroxylation is 1. The van der Waals surface area contributed by atoms with Gasteiger partial charge in [-0.15, -0.1) is 11.3 Å². The zero-order valence-electron chi connectivity index (χ0n) is 16.1. The Bertz CT molecular complexity index is 1070. The molecule has 0 bridgehead atoms. The second-order valence-corrected chi connectivity index (χ2v) is 8.82. The minimum Gasteiger partial charge on any atom is -0.348 e. The van der Waals surface area contributed by atoms with Gasteiger partial charge in [0.2, 0.25) is 0 Å². The molecule has 0 unspecified atom stereocenters. The molecule has 0 aliphatic heterocycles. The van der Waals surface area contributed by atoms with Crippen LogP contribution in [0.4, 0.5) is 0 Å². The number of nitrogens with one attached hydrogen (secondary N) is 1. The van der Waals surface area contributed by atoms with Crippen LogP contribution in [-0.2, 0) is 6.54 Å². The molecule has 5 heteroatoms. The van der Waals surface area contributed by atoms with Crippen LogP contribution in [0.15, 0.2) is 35.1 Å². The van der Waals surface area contributed by atoms with E-state index in [2.05, 4.69) is 19.2 Å². The standard InChI is InChI=1S/C22H26N2O2S/c1-4-24-18-11-6-5-9-15(18)20-16(22(24)26)12-19(27-20)21(25)23-17-10-7-8-13(2)14(17)3/h5-6,9,11-14,17H,4,7-8,10H2,1-3H3,(H,23,25)/t13-,14+,17+/m0/s1. The van der Waals surface area contributed by atoms with Crippen molar-refractivity contribution in [2.24, 2.45) is 11.8 Å². The first-order valence-corrected chi connectivity index (χ1v) is 10.7. The number of hydrogen-bond acceptors (Lipinski definition) is 3. The number of pyridine rings is 1. The number of thiophene rings is 1. The minimum absolute atomic E-state index is 0.0128. The minimum atomic E-state index is -0.0475. The van der Waals surface area contributed by atoms with Crippen LogP contribution in [0.25, 0.3) is 21.0 Å². The monoisotopic (exact) mass is 382 g/mol. The van der Waals surface area contributed by atoms with E-state index < -0.39 is 0 Å². The van der Waals surface area contributed by atoms with E-state index in [1.54, 1.807) is 10.6 Å². The Morgan fingerprint density at radius 1 is 1.22 bits per heavy atom. The van der Waals surface area contributed by atoms with E-state index in [4.69, 9.17) is 0 Å². The summed E-state index contributed by atoms with van der Waals surface area (Å²) in [5.41, 5.74) is 0.919. The van der Waals surface area contributed by atoms with E-state index in [9.17, 15) is 9.59 Å². The Morgan fingerprint density at radius 2 is 2.00 bits per heavy atom. The van der Waals surface area contributed by atoms with E-state index in [0.717, 1.165) is 28.4 Å². The molecule has 1 fully saturated rings. The fourth-order valence-electron chi connectivity index (χ4n) is 4.36. The largest absolute Gasteiger partial charge is 0.348 e. The summed E-state index contributed by atoms with van der Waals surface area (Å²) in [7, 11) is 0. The maximum Gasteiger partial charge on any atom is 0.261 e. The van der Waals surface area contributed by atoms with Crippen molar-refractivity contribution in [2.75, 3.05) is 0 Å². The van der Waals surface area contributed by atoms with Crippen LogP contribution < -0.4 is 10.9 Å². The van der Waals surface area contributed by atoms with Crippen LogP contribution >= 0.6 is 11.3 Å². The van der Waals surface area contributed by atoms with E-state index in [1.165, 1.54) is 17.8 Å². The van der Waals surface area contributed by atoms with E-state index in [1.807, 2.05) is 31.2 Å². The van der Waals surface area contributed by atoms with Crippen LogP contribution in [-0.4, -0.2) is 16.5 Å². The third-order valence-corrected chi connectivity index (χ3v) is 7.38. The van der Waals surface area contributed by atoms with Crippen molar-refractivity contribution in [1.82, 2.24) is 9.88 Å². The van der Waals surface area contributed by atoms with Gasteiger partial charge >= 0.3 is 0 Å². The molecule has 2 aromatic heterocycles. The van der Waals surface area contributed by atoms with Crippen LogP contribution in [0.5, 0.6) is 0 Å². The molecule has 1 aliphatic carbocycles. The van der Waals surface area contributed by atoms with E-state index >= 15 is 0 Å². The molecule has 1 N–H and O–H groups in total. The van der Waals surface area contributed by atoms with Gasteiger partial charge in [-0.3, -0.25) is 9.59 Å². The number of carbonyl (C=O) groups is 1. The summed E-state index contributed by atoms with van der Waals surface area (Å²) in [6.07, 6.45) is 3.43. The fraction of sp³-hybridized carbons (Fsp3) is 0.455. The molecule has 142 valence electrons. The average Bonchev–Trinajstić information content (AvgIpc) is 3.12. The van der Waals surface area contributed by atoms with Gasteiger partial charge in [-0.1, -0.05) is 44.9 Å². The predicted octanol–water partition coefficient (Wildman–Crippen LogP) is 4.79. The van der Waals surface area contributed by atoms with Crippen molar-refractivity contribution in [3.63, 3.8) is 0 Å². The van der Waals surface area contributed by atoms with Crippen molar-refractivity contribution in [3.8, 4) is 0 Å². The van der Waals surface area contributed by atoms with Gasteiger partial charge in [0.25, 0.3) is 11.5 Å². The van der Waals surface area contributed by atoms with E-state index in [-0.39, 0.29) is 17.5 Å². The molecule has 0 saturated heterocycles. The smallest absolute Gasteiger partial charge is 0.261 e. The number of carbonyl (C=O) groups excluding carboxylic acids is 1. The van der Waals surface area contributed by atoms with Gasteiger partial charge < -0.3 is 9.88 Å². The lowest BCUT2D eigenvalue weighted by atomic mass is 9.78. The number of rotatable bonds is 3. The molecular formula is C22H26N2O2S. The Morgan fingerprint density at radius 3 is 2.78 bits per heavy atom. The van der Waals surface area contributed by atoms with Crippen LogP contribution in [0.3, 0.4) is 0 Å². The molecule has 2 heterocycles. The second-order valence-electron chi connectivity index (χ2n) is 7.77. The summed E-state index contributed by atoms with van der Waals surface area (Å²) >= 11 is 1.43. The number of para-hydroxylation sites is 1. The maximum absolute atomic E-state index is 12.9. The molecular weight excluding hydrogens is 356 g/mol. The lowest BCUT2D eigenvalue weighted by Crippen LogP contribution is -2.43. The first kappa shape index (κ1) is 18.2. The van der Waals surface area contributed by atoms with Gasteiger partial charge in [0, 0.05) is 22.7 Å². The first-order valence-electron chi connectivity index (χ1n) is 9.87.